The second-order valence-corrected chi connectivity index (χ2v) is 6.69. The molecule has 4 aromatic rings. The molecule has 8 heteroatoms. The fourth-order valence-electron chi connectivity index (χ4n) is 2.40. The quantitative estimate of drug-likeness (QED) is 0.430. The van der Waals surface area contributed by atoms with E-state index in [1.165, 1.54) is 11.3 Å². The van der Waals surface area contributed by atoms with Crippen molar-refractivity contribution in [2.24, 2.45) is 0 Å². The summed E-state index contributed by atoms with van der Waals surface area (Å²) >= 11 is 1.49. The number of hydrogen-bond donors (Lipinski definition) is 0. The second-order valence-electron chi connectivity index (χ2n) is 5.74. The molecule has 1 atom stereocenters. The molecular weight excluding hydrogens is 378 g/mol. The van der Waals surface area contributed by atoms with E-state index in [1.54, 1.807) is 37.4 Å². The molecule has 28 heavy (non-hydrogen) atoms. The summed E-state index contributed by atoms with van der Waals surface area (Å²) in [7, 11) is 0. The molecule has 1 unspecified atom stereocenters. The van der Waals surface area contributed by atoms with Gasteiger partial charge in [0.15, 0.2) is 6.10 Å². The molecule has 7 nitrogen and oxygen atoms in total. The molecule has 0 radical (unpaired) electrons. The molecule has 3 heterocycles. The summed E-state index contributed by atoms with van der Waals surface area (Å²) in [6, 6.07) is 16.1. The minimum atomic E-state index is -0.724. The second kappa shape index (κ2) is 8.01. The van der Waals surface area contributed by atoms with Crippen LogP contribution in [0.2, 0.25) is 0 Å². The highest BCUT2D eigenvalue weighted by Gasteiger charge is 2.23. The first-order chi connectivity index (χ1) is 13.7. The van der Waals surface area contributed by atoms with Gasteiger partial charge in [0.25, 0.3) is 11.8 Å². The topological polar surface area (TPSA) is 87.3 Å². The van der Waals surface area contributed by atoms with Crippen LogP contribution in [-0.4, -0.2) is 21.2 Å². The zero-order chi connectivity index (χ0) is 19.3. The van der Waals surface area contributed by atoms with Gasteiger partial charge in [0, 0.05) is 6.20 Å². The molecule has 0 aliphatic heterocycles. The summed E-state index contributed by atoms with van der Waals surface area (Å²) in [6.45, 7) is 1.66. The fraction of sp³-hybridized carbons (Fsp3) is 0.100. The lowest BCUT2D eigenvalue weighted by atomic mass is 10.2. The van der Waals surface area contributed by atoms with Crippen molar-refractivity contribution in [3.05, 3.63) is 77.6 Å². The first-order valence-electron chi connectivity index (χ1n) is 8.47. The fourth-order valence-corrected chi connectivity index (χ4v) is 3.04. The van der Waals surface area contributed by atoms with Gasteiger partial charge in [-0.3, -0.25) is 0 Å². The smallest absolute Gasteiger partial charge is 0.344 e. The summed E-state index contributed by atoms with van der Waals surface area (Å²) in [5.74, 6) is 0.743. The monoisotopic (exact) mass is 393 g/mol. The number of carbonyl (C=O) groups is 1. The van der Waals surface area contributed by atoms with Gasteiger partial charge in [-0.1, -0.05) is 24.3 Å². The molecule has 0 fully saturated rings. The first-order valence-corrected chi connectivity index (χ1v) is 9.35. The summed E-state index contributed by atoms with van der Waals surface area (Å²) < 4.78 is 16.8. The maximum absolute atomic E-state index is 12.6. The van der Waals surface area contributed by atoms with Crippen LogP contribution in [0.15, 0.2) is 70.6 Å². The van der Waals surface area contributed by atoms with E-state index >= 15 is 0 Å². The minimum absolute atomic E-state index is 0.163. The van der Waals surface area contributed by atoms with Gasteiger partial charge in [0.1, 0.15) is 11.3 Å². The predicted octanol–water partition coefficient (Wildman–Crippen LogP) is 4.90. The van der Waals surface area contributed by atoms with Gasteiger partial charge in [0.05, 0.1) is 4.88 Å². The van der Waals surface area contributed by atoms with Gasteiger partial charge < -0.3 is 13.9 Å². The lowest BCUT2D eigenvalue weighted by molar-refractivity contribution is 0.0276. The molecule has 0 spiro atoms. The normalized spacial score (nSPS) is 11.8. The Labute approximate surface area is 164 Å². The van der Waals surface area contributed by atoms with E-state index < -0.39 is 12.1 Å². The van der Waals surface area contributed by atoms with Gasteiger partial charge in [-0.05, 0) is 42.6 Å². The first kappa shape index (κ1) is 17.9. The highest BCUT2D eigenvalue weighted by Crippen LogP contribution is 2.28. The standard InChI is InChI=1S/C20H15N3O4S/c1-13(17-22-23-19(27-17)16-10-6-12-28-16)25-20(24)15-9-5-11-21-18(15)26-14-7-3-2-4-8-14/h2-13H,1H3. The maximum atomic E-state index is 12.6. The third kappa shape index (κ3) is 3.91. The van der Waals surface area contributed by atoms with Crippen molar-refractivity contribution in [1.29, 1.82) is 0 Å². The molecular formula is C20H15N3O4S. The zero-order valence-electron chi connectivity index (χ0n) is 14.8. The van der Waals surface area contributed by atoms with Crippen molar-refractivity contribution in [2.75, 3.05) is 0 Å². The largest absolute Gasteiger partial charge is 0.449 e. The van der Waals surface area contributed by atoms with E-state index in [-0.39, 0.29) is 17.3 Å². The number of para-hydroxylation sites is 1. The number of thiophene rings is 1. The Morgan fingerprint density at radius 1 is 1.07 bits per heavy atom. The van der Waals surface area contributed by atoms with E-state index in [4.69, 9.17) is 13.9 Å². The van der Waals surface area contributed by atoms with Crippen molar-refractivity contribution in [2.45, 2.75) is 13.0 Å². The van der Waals surface area contributed by atoms with Crippen LogP contribution in [0, 0.1) is 0 Å². The van der Waals surface area contributed by atoms with E-state index in [0.717, 1.165) is 4.88 Å². The van der Waals surface area contributed by atoms with Gasteiger partial charge in [-0.2, -0.15) is 0 Å². The van der Waals surface area contributed by atoms with Crippen LogP contribution in [0.5, 0.6) is 11.6 Å². The van der Waals surface area contributed by atoms with Crippen molar-refractivity contribution in [3.63, 3.8) is 0 Å². The third-order valence-electron chi connectivity index (χ3n) is 3.75. The lowest BCUT2D eigenvalue weighted by Gasteiger charge is -2.12. The van der Waals surface area contributed by atoms with Gasteiger partial charge >= 0.3 is 5.97 Å². The van der Waals surface area contributed by atoms with E-state index in [1.807, 2.05) is 35.7 Å². The number of hydrogen-bond acceptors (Lipinski definition) is 8. The number of rotatable bonds is 6. The Hall–Kier alpha value is -3.52. The van der Waals surface area contributed by atoms with E-state index in [9.17, 15) is 4.79 Å². The molecule has 1 aromatic carbocycles. The molecule has 0 aliphatic carbocycles. The highest BCUT2D eigenvalue weighted by molar-refractivity contribution is 7.13. The van der Waals surface area contributed by atoms with Crippen LogP contribution in [0.1, 0.15) is 29.3 Å². The van der Waals surface area contributed by atoms with Crippen LogP contribution < -0.4 is 4.74 Å². The molecule has 0 amide bonds. The van der Waals surface area contributed by atoms with Crippen LogP contribution >= 0.6 is 11.3 Å². The summed E-state index contributed by atoms with van der Waals surface area (Å²) in [4.78, 5) is 17.6. The Balaban J connectivity index is 1.49. The Bertz CT molecular complexity index is 1060. The van der Waals surface area contributed by atoms with Crippen LogP contribution in [-0.2, 0) is 4.74 Å². The zero-order valence-corrected chi connectivity index (χ0v) is 15.6. The van der Waals surface area contributed by atoms with Crippen molar-refractivity contribution in [1.82, 2.24) is 15.2 Å². The number of esters is 1. The number of carbonyl (C=O) groups excluding carboxylic acids is 1. The molecule has 0 bridgehead atoms. The van der Waals surface area contributed by atoms with Crippen LogP contribution in [0.3, 0.4) is 0 Å². The summed E-state index contributed by atoms with van der Waals surface area (Å²) in [5, 5.41) is 9.89. The van der Waals surface area contributed by atoms with Crippen LogP contribution in [0.25, 0.3) is 10.8 Å². The Kier molecular flexibility index (Phi) is 5.11. The summed E-state index contributed by atoms with van der Waals surface area (Å²) in [6.07, 6.45) is 0.822. The lowest BCUT2D eigenvalue weighted by Crippen LogP contribution is -2.11. The average Bonchev–Trinajstić information content (AvgIpc) is 3.41. The number of pyridine rings is 1. The molecule has 4 rings (SSSR count). The average molecular weight is 393 g/mol. The Morgan fingerprint density at radius 3 is 2.71 bits per heavy atom. The SMILES string of the molecule is CC(OC(=O)c1cccnc1Oc1ccccc1)c1nnc(-c2cccs2)o1. The van der Waals surface area contributed by atoms with Crippen molar-refractivity contribution >= 4 is 17.3 Å². The summed E-state index contributed by atoms with van der Waals surface area (Å²) in [5.41, 5.74) is 0.205. The highest BCUT2D eigenvalue weighted by atomic mass is 32.1. The van der Waals surface area contributed by atoms with Gasteiger partial charge in [-0.15, -0.1) is 21.5 Å². The van der Waals surface area contributed by atoms with Gasteiger partial charge in [0.2, 0.25) is 5.88 Å². The van der Waals surface area contributed by atoms with Crippen molar-refractivity contribution in [3.8, 4) is 22.4 Å². The third-order valence-corrected chi connectivity index (χ3v) is 4.61. The predicted molar refractivity (Wildman–Crippen MR) is 102 cm³/mol. The molecule has 0 saturated carbocycles. The molecule has 0 N–H and O–H groups in total. The number of nitrogens with zero attached hydrogens (tertiary/aromatic N) is 3. The minimum Gasteiger partial charge on any atom is -0.449 e. The number of aromatic nitrogens is 3. The van der Waals surface area contributed by atoms with E-state index in [0.29, 0.717) is 11.6 Å². The van der Waals surface area contributed by atoms with Crippen molar-refractivity contribution < 1.29 is 18.7 Å². The molecule has 0 aliphatic rings. The maximum Gasteiger partial charge on any atom is 0.344 e. The number of ether oxygens (including phenoxy) is 2. The van der Waals surface area contributed by atoms with Crippen LogP contribution in [0.4, 0.5) is 0 Å². The van der Waals surface area contributed by atoms with E-state index in [2.05, 4.69) is 15.2 Å². The Morgan fingerprint density at radius 2 is 1.93 bits per heavy atom. The molecule has 140 valence electrons. The number of benzene rings is 1. The van der Waals surface area contributed by atoms with Gasteiger partial charge in [-0.25, -0.2) is 9.78 Å². The molecule has 0 saturated heterocycles. The molecule has 3 aromatic heterocycles.